The summed E-state index contributed by atoms with van der Waals surface area (Å²) < 4.78 is 19.8. The highest BCUT2D eigenvalue weighted by atomic mass is 19.1. The van der Waals surface area contributed by atoms with Crippen molar-refractivity contribution in [3.8, 4) is 0 Å². The third kappa shape index (κ3) is 5.79. The number of aliphatic hydroxyl groups is 1. The van der Waals surface area contributed by atoms with E-state index in [0.717, 1.165) is 24.5 Å². The van der Waals surface area contributed by atoms with Crippen LogP contribution >= 0.6 is 0 Å². The number of ether oxygens (including phenoxy) is 1. The number of rotatable bonds is 10. The summed E-state index contributed by atoms with van der Waals surface area (Å²) in [5.41, 5.74) is 0.964. The van der Waals surface area contributed by atoms with Gasteiger partial charge in [0.25, 0.3) is 0 Å². The normalized spacial score (nSPS) is 13.3. The highest BCUT2D eigenvalue weighted by molar-refractivity contribution is 6.09. The Morgan fingerprint density at radius 2 is 1.94 bits per heavy atom. The Morgan fingerprint density at radius 1 is 1.23 bits per heavy atom. The van der Waals surface area contributed by atoms with E-state index in [2.05, 4.69) is 4.98 Å². The van der Waals surface area contributed by atoms with Crippen molar-refractivity contribution in [3.63, 3.8) is 0 Å². The van der Waals surface area contributed by atoms with Crippen molar-refractivity contribution in [2.24, 2.45) is 0 Å². The summed E-state index contributed by atoms with van der Waals surface area (Å²) in [5, 5.41) is 9.64. The molecule has 3 rings (SSSR count). The van der Waals surface area contributed by atoms with E-state index < -0.39 is 24.0 Å². The van der Waals surface area contributed by atoms with Crippen LogP contribution in [0.25, 0.3) is 0 Å². The maximum Gasteiger partial charge on any atom is 0.313 e. The van der Waals surface area contributed by atoms with Gasteiger partial charge in [-0.1, -0.05) is 30.3 Å². The fourth-order valence-electron chi connectivity index (χ4n) is 3.69. The van der Waals surface area contributed by atoms with Gasteiger partial charge in [0.05, 0.1) is 18.8 Å². The minimum Gasteiger partial charge on any atom is -0.466 e. The summed E-state index contributed by atoms with van der Waals surface area (Å²) in [5.74, 6) is -1.38. The van der Waals surface area contributed by atoms with Gasteiger partial charge in [-0.15, -0.1) is 0 Å². The molecule has 1 aliphatic rings. The predicted molar refractivity (Wildman–Crippen MR) is 116 cm³/mol. The number of carbonyl (C=O) groups is 2. The summed E-state index contributed by atoms with van der Waals surface area (Å²) in [7, 11) is 0. The maximum atomic E-state index is 15.0. The number of ketones is 1. The standard InChI is InChI=1S/C23H28FN3O4/c1-2-31-21(30)15-20(29)18-14-19(24)23(26-10-6-7-11-26)25-22(18)27(12-13-28)16-17-8-4-3-5-9-17/h3-5,8-9,14,28H,2,6-7,10-13,15-16H2,1H3. The number of benzene rings is 1. The van der Waals surface area contributed by atoms with Gasteiger partial charge in [-0.3, -0.25) is 9.59 Å². The van der Waals surface area contributed by atoms with Crippen LogP contribution in [0.1, 0.15) is 42.1 Å². The zero-order valence-corrected chi connectivity index (χ0v) is 17.7. The Bertz CT molecular complexity index is 901. The highest BCUT2D eigenvalue weighted by Crippen LogP contribution is 2.30. The van der Waals surface area contributed by atoms with Crippen LogP contribution in [0.15, 0.2) is 36.4 Å². The summed E-state index contributed by atoms with van der Waals surface area (Å²) in [6.07, 6.45) is 1.40. The Morgan fingerprint density at radius 3 is 2.58 bits per heavy atom. The molecule has 0 atom stereocenters. The molecule has 0 radical (unpaired) electrons. The van der Waals surface area contributed by atoms with E-state index in [1.54, 1.807) is 11.8 Å². The fourth-order valence-corrected chi connectivity index (χ4v) is 3.69. The van der Waals surface area contributed by atoms with Crippen LogP contribution in [0.3, 0.4) is 0 Å². The van der Waals surface area contributed by atoms with Crippen molar-refractivity contribution < 1.29 is 23.8 Å². The molecule has 2 aromatic rings. The second-order valence-electron chi connectivity index (χ2n) is 7.39. The van der Waals surface area contributed by atoms with Crippen molar-refractivity contribution in [3.05, 3.63) is 53.3 Å². The van der Waals surface area contributed by atoms with Crippen LogP contribution in [-0.2, 0) is 16.1 Å². The molecule has 1 fully saturated rings. The number of aliphatic hydroxyl groups excluding tert-OH is 1. The van der Waals surface area contributed by atoms with Crippen LogP contribution in [0.4, 0.5) is 16.0 Å². The van der Waals surface area contributed by atoms with E-state index >= 15 is 0 Å². The second-order valence-corrected chi connectivity index (χ2v) is 7.39. The van der Waals surface area contributed by atoms with Gasteiger partial charge in [-0.05, 0) is 31.4 Å². The molecule has 1 aromatic carbocycles. The quantitative estimate of drug-likeness (QED) is 0.353. The van der Waals surface area contributed by atoms with Gasteiger partial charge in [0.1, 0.15) is 12.2 Å². The smallest absolute Gasteiger partial charge is 0.313 e. The van der Waals surface area contributed by atoms with E-state index in [9.17, 15) is 19.1 Å². The van der Waals surface area contributed by atoms with Gasteiger partial charge in [-0.25, -0.2) is 9.37 Å². The molecule has 1 saturated heterocycles. The summed E-state index contributed by atoms with van der Waals surface area (Å²) in [4.78, 5) is 32.9. The lowest BCUT2D eigenvalue weighted by Gasteiger charge is -2.27. The van der Waals surface area contributed by atoms with Crippen molar-refractivity contribution in [2.45, 2.75) is 32.7 Å². The lowest BCUT2D eigenvalue weighted by Crippen LogP contribution is -2.31. The topological polar surface area (TPSA) is 83.0 Å². The molecule has 1 aliphatic heterocycles. The first-order valence-electron chi connectivity index (χ1n) is 10.6. The van der Waals surface area contributed by atoms with Crippen LogP contribution in [-0.4, -0.2) is 54.7 Å². The molecule has 0 saturated carbocycles. The van der Waals surface area contributed by atoms with Crippen molar-refractivity contribution in [1.29, 1.82) is 0 Å². The molecule has 1 N–H and O–H groups in total. The molecular formula is C23H28FN3O4. The minimum atomic E-state index is -0.667. The number of nitrogens with zero attached hydrogens (tertiary/aromatic N) is 3. The van der Waals surface area contributed by atoms with Gasteiger partial charge in [0.15, 0.2) is 17.4 Å². The first-order valence-corrected chi connectivity index (χ1v) is 10.6. The number of aromatic nitrogens is 1. The van der Waals surface area contributed by atoms with E-state index in [-0.39, 0.29) is 37.0 Å². The lowest BCUT2D eigenvalue weighted by atomic mass is 10.1. The van der Waals surface area contributed by atoms with Crippen LogP contribution in [0.2, 0.25) is 0 Å². The fraction of sp³-hybridized carbons (Fsp3) is 0.435. The monoisotopic (exact) mass is 429 g/mol. The summed E-state index contributed by atoms with van der Waals surface area (Å²) in [6, 6.07) is 10.7. The minimum absolute atomic E-state index is 0.0119. The van der Waals surface area contributed by atoms with Crippen molar-refractivity contribution in [1.82, 2.24) is 4.98 Å². The van der Waals surface area contributed by atoms with Gasteiger partial charge in [-0.2, -0.15) is 0 Å². The summed E-state index contributed by atoms with van der Waals surface area (Å²) in [6.45, 7) is 3.60. The van der Waals surface area contributed by atoms with Crippen molar-refractivity contribution >= 4 is 23.4 Å². The maximum absolute atomic E-state index is 15.0. The van der Waals surface area contributed by atoms with E-state index in [0.29, 0.717) is 19.6 Å². The number of esters is 1. The number of Topliss-reactive ketones (excluding diaryl/α,β-unsaturated/α-hetero) is 1. The Hall–Kier alpha value is -3.00. The first-order chi connectivity index (χ1) is 15.0. The molecule has 8 heteroatoms. The average Bonchev–Trinajstić information content (AvgIpc) is 3.29. The molecule has 1 aromatic heterocycles. The molecule has 0 spiro atoms. The lowest BCUT2D eigenvalue weighted by molar-refractivity contribution is -0.141. The van der Waals surface area contributed by atoms with E-state index in [1.165, 1.54) is 0 Å². The molecule has 7 nitrogen and oxygen atoms in total. The molecule has 31 heavy (non-hydrogen) atoms. The highest BCUT2D eigenvalue weighted by Gasteiger charge is 2.26. The van der Waals surface area contributed by atoms with Gasteiger partial charge >= 0.3 is 5.97 Å². The van der Waals surface area contributed by atoms with Gasteiger partial charge in [0.2, 0.25) is 0 Å². The Labute approximate surface area is 181 Å². The zero-order valence-electron chi connectivity index (χ0n) is 17.7. The SMILES string of the molecule is CCOC(=O)CC(=O)c1cc(F)c(N2CCCC2)nc1N(CCO)Cc1ccccc1. The molecule has 0 aliphatic carbocycles. The molecule has 2 heterocycles. The number of anilines is 2. The Kier molecular flexibility index (Phi) is 7.94. The van der Waals surface area contributed by atoms with E-state index in [4.69, 9.17) is 4.74 Å². The average molecular weight is 429 g/mol. The Balaban J connectivity index is 2.02. The molecule has 0 amide bonds. The van der Waals surface area contributed by atoms with Gasteiger partial charge < -0.3 is 19.6 Å². The number of hydrogen-bond donors (Lipinski definition) is 1. The predicted octanol–water partition coefficient (Wildman–Crippen LogP) is 2.96. The largest absolute Gasteiger partial charge is 0.466 e. The molecule has 166 valence electrons. The number of halogens is 1. The third-order valence-electron chi connectivity index (χ3n) is 5.14. The van der Waals surface area contributed by atoms with Crippen molar-refractivity contribution in [2.75, 3.05) is 42.6 Å². The van der Waals surface area contributed by atoms with Crippen LogP contribution < -0.4 is 9.80 Å². The molecule has 0 bridgehead atoms. The second kappa shape index (κ2) is 10.9. The molecular weight excluding hydrogens is 401 g/mol. The zero-order chi connectivity index (χ0) is 22.2. The van der Waals surface area contributed by atoms with Crippen LogP contribution in [0, 0.1) is 5.82 Å². The van der Waals surface area contributed by atoms with E-state index in [1.807, 2.05) is 35.2 Å². The first kappa shape index (κ1) is 22.7. The third-order valence-corrected chi connectivity index (χ3v) is 5.14. The molecule has 0 unspecified atom stereocenters. The summed E-state index contributed by atoms with van der Waals surface area (Å²) >= 11 is 0. The van der Waals surface area contributed by atoms with Gasteiger partial charge in [0, 0.05) is 26.2 Å². The van der Waals surface area contributed by atoms with Crippen LogP contribution in [0.5, 0.6) is 0 Å². The number of pyridine rings is 1. The number of hydrogen-bond acceptors (Lipinski definition) is 7. The number of carbonyl (C=O) groups excluding carboxylic acids is 2.